The summed E-state index contributed by atoms with van der Waals surface area (Å²) in [4.78, 5) is 26.5. The average molecular weight is 161 g/mol. The average Bonchev–Trinajstić information content (AvgIpc) is 2.04. The SMILES string of the molecule is O=c1[nH]c(=O)c2[c]cccc2[nH]1. The van der Waals surface area contributed by atoms with Crippen LogP contribution in [0, 0.1) is 6.07 Å². The van der Waals surface area contributed by atoms with Gasteiger partial charge >= 0.3 is 5.69 Å². The lowest BCUT2D eigenvalue weighted by atomic mass is 10.2. The summed E-state index contributed by atoms with van der Waals surface area (Å²) in [6.07, 6.45) is 0. The molecule has 0 saturated heterocycles. The van der Waals surface area contributed by atoms with Crippen molar-refractivity contribution in [3.05, 3.63) is 45.1 Å². The Morgan fingerprint density at radius 3 is 2.92 bits per heavy atom. The molecule has 4 nitrogen and oxygen atoms in total. The first-order chi connectivity index (χ1) is 5.77. The van der Waals surface area contributed by atoms with E-state index in [9.17, 15) is 9.59 Å². The number of rotatable bonds is 0. The van der Waals surface area contributed by atoms with Gasteiger partial charge in [-0.1, -0.05) is 12.1 Å². The van der Waals surface area contributed by atoms with Crippen LogP contribution in [0.25, 0.3) is 10.9 Å². The number of fused-ring (bicyclic) bond motifs is 1. The van der Waals surface area contributed by atoms with Crippen LogP contribution in [-0.2, 0) is 0 Å². The summed E-state index contributed by atoms with van der Waals surface area (Å²) in [5, 5.41) is 0.372. The zero-order chi connectivity index (χ0) is 8.55. The van der Waals surface area contributed by atoms with E-state index in [2.05, 4.69) is 16.0 Å². The molecule has 1 aromatic heterocycles. The zero-order valence-corrected chi connectivity index (χ0v) is 6.05. The molecule has 0 amide bonds. The molecule has 2 N–H and O–H groups in total. The van der Waals surface area contributed by atoms with Gasteiger partial charge in [0.2, 0.25) is 0 Å². The Kier molecular flexibility index (Phi) is 1.33. The van der Waals surface area contributed by atoms with Gasteiger partial charge in [-0.15, -0.1) is 0 Å². The van der Waals surface area contributed by atoms with Crippen LogP contribution < -0.4 is 11.2 Å². The monoisotopic (exact) mass is 161 g/mol. The van der Waals surface area contributed by atoms with Gasteiger partial charge in [-0.3, -0.25) is 9.78 Å². The van der Waals surface area contributed by atoms with E-state index in [1.54, 1.807) is 18.2 Å². The highest BCUT2D eigenvalue weighted by Crippen LogP contribution is 2.00. The molecular formula is C8H5N2O2. The van der Waals surface area contributed by atoms with Crippen LogP contribution in [0.15, 0.2) is 27.8 Å². The molecule has 0 aliphatic heterocycles. The lowest BCUT2D eigenvalue weighted by molar-refractivity contribution is 1.08. The van der Waals surface area contributed by atoms with Crippen molar-refractivity contribution in [2.45, 2.75) is 0 Å². The van der Waals surface area contributed by atoms with E-state index in [0.717, 1.165) is 0 Å². The minimum atomic E-state index is -0.493. The standard InChI is InChI=1S/C8H5N2O2/c11-7-5-3-1-2-4-6(5)9-8(12)10-7/h1-2,4H,(H2,9,10,11,12). The maximum atomic E-state index is 11.1. The van der Waals surface area contributed by atoms with Crippen LogP contribution in [0.4, 0.5) is 0 Å². The van der Waals surface area contributed by atoms with Crippen molar-refractivity contribution in [2.75, 3.05) is 0 Å². The first kappa shape index (κ1) is 6.84. The van der Waals surface area contributed by atoms with Crippen LogP contribution in [0.3, 0.4) is 0 Å². The second kappa shape index (κ2) is 2.34. The maximum Gasteiger partial charge on any atom is 0.326 e. The molecule has 0 aliphatic rings. The van der Waals surface area contributed by atoms with Crippen molar-refractivity contribution < 1.29 is 0 Å². The molecule has 4 heteroatoms. The fraction of sp³-hybridized carbons (Fsp3) is 0. The third-order valence-corrected chi connectivity index (χ3v) is 1.56. The van der Waals surface area contributed by atoms with E-state index in [4.69, 9.17) is 0 Å². The largest absolute Gasteiger partial charge is 0.326 e. The third-order valence-electron chi connectivity index (χ3n) is 1.56. The number of hydrogen-bond donors (Lipinski definition) is 2. The molecule has 0 fully saturated rings. The van der Waals surface area contributed by atoms with Crippen molar-refractivity contribution in [3.63, 3.8) is 0 Å². The third kappa shape index (κ3) is 0.934. The molecule has 0 aliphatic carbocycles. The Bertz CT molecular complexity index is 524. The number of benzene rings is 1. The Morgan fingerprint density at radius 1 is 1.25 bits per heavy atom. The predicted octanol–water partition coefficient (Wildman–Crippen LogP) is 0.0166. The van der Waals surface area contributed by atoms with Crippen LogP contribution in [0.2, 0.25) is 0 Å². The number of nitrogens with one attached hydrogen (secondary N) is 2. The lowest BCUT2D eigenvalue weighted by Crippen LogP contribution is -2.21. The highest BCUT2D eigenvalue weighted by molar-refractivity contribution is 5.75. The Labute approximate surface area is 66.9 Å². The van der Waals surface area contributed by atoms with Crippen molar-refractivity contribution in [1.29, 1.82) is 0 Å². The van der Waals surface area contributed by atoms with Crippen LogP contribution in [-0.4, -0.2) is 9.97 Å². The van der Waals surface area contributed by atoms with Crippen LogP contribution in [0.5, 0.6) is 0 Å². The molecule has 0 spiro atoms. The molecule has 1 aromatic carbocycles. The van der Waals surface area contributed by atoms with E-state index in [1.165, 1.54) is 0 Å². The number of hydrogen-bond acceptors (Lipinski definition) is 2. The number of aromatic nitrogens is 2. The summed E-state index contributed by atoms with van der Waals surface area (Å²) >= 11 is 0. The van der Waals surface area contributed by atoms with Gasteiger partial charge in [0.15, 0.2) is 0 Å². The van der Waals surface area contributed by atoms with Crippen molar-refractivity contribution >= 4 is 10.9 Å². The molecule has 2 aromatic rings. The molecule has 1 radical (unpaired) electrons. The summed E-state index contributed by atoms with van der Waals surface area (Å²) in [6.45, 7) is 0. The molecular weight excluding hydrogens is 156 g/mol. The Morgan fingerprint density at radius 2 is 2.08 bits per heavy atom. The smallest absolute Gasteiger partial charge is 0.307 e. The lowest BCUT2D eigenvalue weighted by Gasteiger charge is -1.92. The second-order valence-corrected chi connectivity index (χ2v) is 2.37. The fourth-order valence-electron chi connectivity index (χ4n) is 1.05. The van der Waals surface area contributed by atoms with Gasteiger partial charge < -0.3 is 4.98 Å². The van der Waals surface area contributed by atoms with Crippen LogP contribution in [0.1, 0.15) is 0 Å². The van der Waals surface area contributed by atoms with Crippen molar-refractivity contribution in [2.24, 2.45) is 0 Å². The molecule has 1 heterocycles. The van der Waals surface area contributed by atoms with E-state index in [1.807, 2.05) is 0 Å². The van der Waals surface area contributed by atoms with E-state index < -0.39 is 11.2 Å². The van der Waals surface area contributed by atoms with Gasteiger partial charge in [-0.05, 0) is 12.1 Å². The Balaban J connectivity index is 3.09. The van der Waals surface area contributed by atoms with E-state index in [-0.39, 0.29) is 0 Å². The molecule has 0 saturated carbocycles. The summed E-state index contributed by atoms with van der Waals surface area (Å²) in [7, 11) is 0. The summed E-state index contributed by atoms with van der Waals surface area (Å²) in [5.41, 5.74) is -0.396. The Hall–Kier alpha value is -1.84. The van der Waals surface area contributed by atoms with Gasteiger partial charge in [0.05, 0.1) is 10.9 Å². The molecule has 0 bridgehead atoms. The summed E-state index contributed by atoms with van der Waals surface area (Å²) in [5.74, 6) is 0. The summed E-state index contributed by atoms with van der Waals surface area (Å²) in [6, 6.07) is 7.71. The first-order valence-electron chi connectivity index (χ1n) is 3.40. The normalized spacial score (nSPS) is 10.3. The second-order valence-electron chi connectivity index (χ2n) is 2.37. The zero-order valence-electron chi connectivity index (χ0n) is 6.05. The highest BCUT2D eigenvalue weighted by Gasteiger charge is 1.97. The van der Waals surface area contributed by atoms with Crippen molar-refractivity contribution in [3.8, 4) is 0 Å². The van der Waals surface area contributed by atoms with E-state index in [0.29, 0.717) is 10.9 Å². The molecule has 59 valence electrons. The van der Waals surface area contributed by atoms with Crippen molar-refractivity contribution in [1.82, 2.24) is 9.97 Å². The van der Waals surface area contributed by atoms with Crippen LogP contribution >= 0.6 is 0 Å². The molecule has 12 heavy (non-hydrogen) atoms. The van der Waals surface area contributed by atoms with Gasteiger partial charge in [0.25, 0.3) is 5.56 Å². The predicted molar refractivity (Wildman–Crippen MR) is 44.0 cm³/mol. The van der Waals surface area contributed by atoms with Gasteiger partial charge in [0, 0.05) is 0 Å². The number of aromatic amines is 2. The van der Waals surface area contributed by atoms with Gasteiger partial charge in [-0.25, -0.2) is 4.79 Å². The highest BCUT2D eigenvalue weighted by atomic mass is 16.2. The van der Waals surface area contributed by atoms with E-state index >= 15 is 0 Å². The fourth-order valence-corrected chi connectivity index (χ4v) is 1.05. The minimum Gasteiger partial charge on any atom is -0.307 e. The first-order valence-corrected chi connectivity index (χ1v) is 3.40. The van der Waals surface area contributed by atoms with Gasteiger partial charge in [0.1, 0.15) is 0 Å². The summed E-state index contributed by atoms with van der Waals surface area (Å²) < 4.78 is 0. The maximum absolute atomic E-state index is 11.1. The van der Waals surface area contributed by atoms with Gasteiger partial charge in [-0.2, -0.15) is 0 Å². The molecule has 0 unspecified atom stereocenters. The molecule has 2 rings (SSSR count). The molecule has 0 atom stereocenters. The quantitative estimate of drug-likeness (QED) is 0.571. The number of H-pyrrole nitrogens is 2. The minimum absolute atomic E-state index is 0.372. The topological polar surface area (TPSA) is 65.7 Å².